The first-order valence-electron chi connectivity index (χ1n) is 16.9. The summed E-state index contributed by atoms with van der Waals surface area (Å²) in [6.07, 6.45) is 9.21. The van der Waals surface area contributed by atoms with E-state index in [9.17, 15) is 30.0 Å². The molecule has 4 aromatic carbocycles. The Morgan fingerprint density at radius 3 is 1.46 bits per heavy atom. The Morgan fingerprint density at radius 2 is 1.02 bits per heavy atom. The molecule has 8 heteroatoms. The van der Waals surface area contributed by atoms with Crippen LogP contribution < -0.4 is 9.47 Å². The molecule has 0 aliphatic rings. The monoisotopic (exact) mass is 680 g/mol. The number of phenols is 4. The summed E-state index contributed by atoms with van der Waals surface area (Å²) >= 11 is 0. The van der Waals surface area contributed by atoms with E-state index in [1.165, 1.54) is 36.4 Å². The maximum Gasteiger partial charge on any atom is 0.185 e. The number of rotatable bonds is 14. The fourth-order valence-corrected chi connectivity index (χ4v) is 5.16. The zero-order chi connectivity index (χ0) is 36.8. The van der Waals surface area contributed by atoms with Gasteiger partial charge in [0.05, 0.1) is 24.3 Å². The number of hydrogen-bond donors (Lipinski definition) is 4. The molecule has 4 aromatic rings. The summed E-state index contributed by atoms with van der Waals surface area (Å²) in [4.78, 5) is 24.6. The summed E-state index contributed by atoms with van der Waals surface area (Å²) in [5.74, 6) is 1.31. The third kappa shape index (κ3) is 10.3. The van der Waals surface area contributed by atoms with E-state index in [1.807, 2.05) is 53.7 Å². The van der Waals surface area contributed by atoms with Crippen LogP contribution in [0, 0.1) is 13.8 Å². The third-order valence-corrected chi connectivity index (χ3v) is 7.88. The first-order valence-corrected chi connectivity index (χ1v) is 16.9. The fraction of sp³-hybridized carbons (Fsp3) is 0.286. The molecule has 0 aliphatic carbocycles. The zero-order valence-corrected chi connectivity index (χ0v) is 29.7. The van der Waals surface area contributed by atoms with Crippen molar-refractivity contribution in [1.82, 2.24) is 0 Å². The maximum atomic E-state index is 12.4. The Morgan fingerprint density at radius 1 is 0.580 bits per heavy atom. The SMILES string of the molecule is CCCOc1c(C)cc(C)c(O)c1/C=C/C(=O)c1ccc(O)cc1.CCCOc1c(CC)cc(CC)c(O)c1/C=C/C(=O)c1ccc(O)cc1. The maximum absolute atomic E-state index is 12.4. The molecule has 0 spiro atoms. The van der Waals surface area contributed by atoms with Crippen LogP contribution in [0.4, 0.5) is 0 Å². The second-order valence-corrected chi connectivity index (χ2v) is 11.8. The van der Waals surface area contributed by atoms with Crippen LogP contribution in [0.3, 0.4) is 0 Å². The summed E-state index contributed by atoms with van der Waals surface area (Å²) in [6.45, 7) is 12.9. The first-order chi connectivity index (χ1) is 23.9. The predicted molar refractivity (Wildman–Crippen MR) is 199 cm³/mol. The van der Waals surface area contributed by atoms with Crippen molar-refractivity contribution in [3.05, 3.63) is 117 Å². The van der Waals surface area contributed by atoms with Gasteiger partial charge < -0.3 is 29.9 Å². The molecule has 0 amide bonds. The molecular weight excluding hydrogens is 632 g/mol. The van der Waals surface area contributed by atoms with E-state index in [2.05, 4.69) is 0 Å². The number of benzene rings is 4. The van der Waals surface area contributed by atoms with Gasteiger partial charge in [0, 0.05) is 11.1 Å². The molecule has 0 radical (unpaired) electrons. The van der Waals surface area contributed by atoms with Gasteiger partial charge in [-0.3, -0.25) is 9.59 Å². The summed E-state index contributed by atoms with van der Waals surface area (Å²) in [7, 11) is 0. The Labute approximate surface area is 295 Å². The highest BCUT2D eigenvalue weighted by Crippen LogP contribution is 2.38. The lowest BCUT2D eigenvalue weighted by atomic mass is 9.98. The van der Waals surface area contributed by atoms with Crippen molar-refractivity contribution in [3.8, 4) is 34.5 Å². The number of allylic oxidation sites excluding steroid dienone is 2. The molecule has 8 nitrogen and oxygen atoms in total. The highest BCUT2D eigenvalue weighted by molar-refractivity contribution is 6.08. The van der Waals surface area contributed by atoms with E-state index in [-0.39, 0.29) is 34.6 Å². The van der Waals surface area contributed by atoms with Crippen molar-refractivity contribution in [1.29, 1.82) is 0 Å². The van der Waals surface area contributed by atoms with Crippen LogP contribution in [0.25, 0.3) is 12.2 Å². The Bertz CT molecular complexity index is 1820. The van der Waals surface area contributed by atoms with Gasteiger partial charge in [0.1, 0.15) is 34.5 Å². The number of hydrogen-bond acceptors (Lipinski definition) is 8. The fourth-order valence-electron chi connectivity index (χ4n) is 5.16. The standard InChI is InChI=1S/C22H26O4.C20H22O4/c1-4-13-26-22-16(6-3)14-15(5-2)21(25)19(22)11-12-20(24)17-7-9-18(23)10-8-17;1-4-11-24-20-14(3)12-13(2)19(23)17(20)9-10-18(22)15-5-7-16(21)8-6-15/h7-12,14,23,25H,4-6,13H2,1-3H3;5-10,12,21,23H,4,11H2,1-3H3/b12-11+;10-9+. The minimum atomic E-state index is -0.213. The topological polar surface area (TPSA) is 134 Å². The Balaban J connectivity index is 0.000000271. The molecule has 50 heavy (non-hydrogen) atoms. The lowest BCUT2D eigenvalue weighted by Crippen LogP contribution is -2.03. The van der Waals surface area contributed by atoms with Gasteiger partial charge in [-0.05, 0) is 147 Å². The molecule has 0 saturated carbocycles. The molecule has 4 rings (SSSR count). The Kier molecular flexibility index (Phi) is 14.7. The number of aromatic hydroxyl groups is 4. The lowest BCUT2D eigenvalue weighted by Gasteiger charge is -2.17. The van der Waals surface area contributed by atoms with Gasteiger partial charge in [-0.2, -0.15) is 0 Å². The quantitative estimate of drug-likeness (QED) is 0.0765. The van der Waals surface area contributed by atoms with Crippen molar-refractivity contribution >= 4 is 23.7 Å². The summed E-state index contributed by atoms with van der Waals surface area (Å²) in [5, 5.41) is 39.6. The predicted octanol–water partition coefficient (Wildman–Crippen LogP) is 9.31. The zero-order valence-electron chi connectivity index (χ0n) is 29.7. The molecule has 0 unspecified atom stereocenters. The number of ether oxygens (including phenoxy) is 2. The van der Waals surface area contributed by atoms with E-state index >= 15 is 0 Å². The van der Waals surface area contributed by atoms with Crippen molar-refractivity contribution in [2.45, 2.75) is 67.2 Å². The van der Waals surface area contributed by atoms with Crippen LogP contribution in [-0.2, 0) is 12.8 Å². The van der Waals surface area contributed by atoms with Crippen LogP contribution in [0.15, 0.2) is 72.8 Å². The molecule has 0 saturated heterocycles. The number of carbonyl (C=O) groups is 2. The number of phenolic OH excluding ortho intramolecular Hbond substituents is 4. The first kappa shape index (κ1) is 38.9. The highest BCUT2D eigenvalue weighted by Gasteiger charge is 2.17. The molecular formula is C42H48O8. The van der Waals surface area contributed by atoms with E-state index in [1.54, 1.807) is 36.4 Å². The lowest BCUT2D eigenvalue weighted by molar-refractivity contribution is 0.103. The van der Waals surface area contributed by atoms with Crippen molar-refractivity contribution in [2.24, 2.45) is 0 Å². The summed E-state index contributed by atoms with van der Waals surface area (Å²) < 4.78 is 11.6. The second-order valence-electron chi connectivity index (χ2n) is 11.8. The van der Waals surface area contributed by atoms with Crippen molar-refractivity contribution in [3.63, 3.8) is 0 Å². The summed E-state index contributed by atoms with van der Waals surface area (Å²) in [5.41, 5.74) is 5.48. The van der Waals surface area contributed by atoms with E-state index in [0.717, 1.165) is 41.5 Å². The number of carbonyl (C=O) groups excluding carboxylic acids is 2. The molecule has 0 bridgehead atoms. The van der Waals surface area contributed by atoms with Gasteiger partial charge in [-0.1, -0.05) is 27.7 Å². The van der Waals surface area contributed by atoms with Gasteiger partial charge in [0.15, 0.2) is 11.6 Å². The minimum absolute atomic E-state index is 0.109. The van der Waals surface area contributed by atoms with Gasteiger partial charge in [0.25, 0.3) is 0 Å². The molecule has 0 atom stereocenters. The summed E-state index contributed by atoms with van der Waals surface area (Å²) in [6, 6.07) is 15.9. The average Bonchev–Trinajstić information content (AvgIpc) is 3.11. The third-order valence-electron chi connectivity index (χ3n) is 7.88. The molecule has 0 aliphatic heterocycles. The van der Waals surface area contributed by atoms with E-state index in [0.29, 0.717) is 53.4 Å². The van der Waals surface area contributed by atoms with Crippen LogP contribution >= 0.6 is 0 Å². The van der Waals surface area contributed by atoms with Gasteiger partial charge >= 0.3 is 0 Å². The highest BCUT2D eigenvalue weighted by atomic mass is 16.5. The minimum Gasteiger partial charge on any atom is -0.508 e. The Hall–Kier alpha value is -5.50. The van der Waals surface area contributed by atoms with Gasteiger partial charge in [-0.25, -0.2) is 0 Å². The van der Waals surface area contributed by atoms with Crippen molar-refractivity contribution in [2.75, 3.05) is 13.2 Å². The van der Waals surface area contributed by atoms with E-state index in [4.69, 9.17) is 9.47 Å². The normalized spacial score (nSPS) is 11.0. The molecule has 0 fully saturated rings. The van der Waals surface area contributed by atoms with Crippen molar-refractivity contribution < 1.29 is 39.5 Å². The largest absolute Gasteiger partial charge is 0.508 e. The van der Waals surface area contributed by atoms with Crippen LogP contribution in [-0.4, -0.2) is 45.2 Å². The number of ketones is 2. The molecule has 0 heterocycles. The molecule has 264 valence electrons. The van der Waals surface area contributed by atoms with Crippen LogP contribution in [0.2, 0.25) is 0 Å². The van der Waals surface area contributed by atoms with Gasteiger partial charge in [0.2, 0.25) is 0 Å². The molecule has 4 N–H and O–H groups in total. The number of aryl methyl sites for hydroxylation is 4. The van der Waals surface area contributed by atoms with Crippen LogP contribution in [0.5, 0.6) is 34.5 Å². The van der Waals surface area contributed by atoms with Crippen LogP contribution in [0.1, 0.15) is 94.6 Å². The second kappa shape index (κ2) is 18.9. The van der Waals surface area contributed by atoms with E-state index < -0.39 is 0 Å². The average molecular weight is 681 g/mol. The van der Waals surface area contributed by atoms with Gasteiger partial charge in [-0.15, -0.1) is 0 Å². The smallest absolute Gasteiger partial charge is 0.185 e. The molecule has 0 aromatic heterocycles.